The van der Waals surface area contributed by atoms with Crippen LogP contribution in [0.15, 0.2) is 17.0 Å². The van der Waals surface area contributed by atoms with Crippen molar-refractivity contribution >= 4 is 16.0 Å². The first kappa shape index (κ1) is 17.5. The molecule has 1 unspecified atom stereocenters. The van der Waals surface area contributed by atoms with Gasteiger partial charge in [0.15, 0.2) is 11.6 Å². The summed E-state index contributed by atoms with van der Waals surface area (Å²) in [4.78, 5) is 9.72. The molecule has 1 atom stereocenters. The second-order valence-electron chi connectivity index (χ2n) is 4.19. The van der Waals surface area contributed by atoms with Gasteiger partial charge >= 0.3 is 5.97 Å². The predicted molar refractivity (Wildman–Crippen MR) is 69.6 cm³/mol. The number of rotatable bonds is 7. The van der Waals surface area contributed by atoms with E-state index in [2.05, 4.69) is 0 Å². The van der Waals surface area contributed by atoms with Gasteiger partial charge in [-0.1, -0.05) is 0 Å². The van der Waals surface area contributed by atoms with E-state index in [1.54, 1.807) is 13.8 Å². The summed E-state index contributed by atoms with van der Waals surface area (Å²) in [6.45, 7) is 3.52. The molecule has 0 spiro atoms. The minimum absolute atomic E-state index is 0.158. The lowest BCUT2D eigenvalue weighted by atomic mass is 10.2. The maximum Gasteiger partial charge on any atom is 0.335 e. The Balaban J connectivity index is 3.10. The van der Waals surface area contributed by atoms with Crippen molar-refractivity contribution in [1.82, 2.24) is 4.72 Å². The first-order valence-electron chi connectivity index (χ1n) is 6.02. The Labute approximate surface area is 120 Å². The van der Waals surface area contributed by atoms with Gasteiger partial charge in [0.05, 0.1) is 11.7 Å². The maximum atomic E-state index is 13.6. The molecule has 2 N–H and O–H groups in total. The Morgan fingerprint density at radius 2 is 2.05 bits per heavy atom. The number of carbonyl (C=O) groups is 1. The summed E-state index contributed by atoms with van der Waals surface area (Å²) < 4.78 is 57.9. The van der Waals surface area contributed by atoms with E-state index in [0.29, 0.717) is 18.7 Å². The highest BCUT2D eigenvalue weighted by Crippen LogP contribution is 2.20. The molecule has 118 valence electrons. The van der Waals surface area contributed by atoms with Gasteiger partial charge in [-0.15, -0.1) is 0 Å². The number of carboxylic acids is 1. The molecule has 6 nitrogen and oxygen atoms in total. The smallest absolute Gasteiger partial charge is 0.335 e. The second kappa shape index (κ2) is 6.92. The second-order valence-corrected chi connectivity index (χ2v) is 5.93. The molecule has 0 bridgehead atoms. The van der Waals surface area contributed by atoms with E-state index in [4.69, 9.17) is 9.84 Å². The Morgan fingerprint density at radius 3 is 2.57 bits per heavy atom. The molecule has 0 amide bonds. The van der Waals surface area contributed by atoms with Crippen LogP contribution in [0.4, 0.5) is 8.78 Å². The van der Waals surface area contributed by atoms with Crippen LogP contribution in [0, 0.1) is 11.6 Å². The summed E-state index contributed by atoms with van der Waals surface area (Å²) in [5.74, 6) is -4.74. The van der Waals surface area contributed by atoms with Crippen molar-refractivity contribution in [3.63, 3.8) is 0 Å². The lowest BCUT2D eigenvalue weighted by Gasteiger charge is -2.13. The van der Waals surface area contributed by atoms with Gasteiger partial charge in [-0.3, -0.25) is 0 Å². The van der Waals surface area contributed by atoms with Gasteiger partial charge in [-0.25, -0.2) is 26.7 Å². The summed E-state index contributed by atoms with van der Waals surface area (Å²) >= 11 is 0. The SMILES string of the molecule is CCOC(C)CNS(=O)(=O)c1cc(C(=O)O)cc(F)c1F. The third kappa shape index (κ3) is 4.45. The van der Waals surface area contributed by atoms with Crippen molar-refractivity contribution in [2.45, 2.75) is 24.8 Å². The summed E-state index contributed by atoms with van der Waals surface area (Å²) in [5.41, 5.74) is -0.660. The number of ether oxygens (including phenoxy) is 1. The van der Waals surface area contributed by atoms with Gasteiger partial charge in [0, 0.05) is 13.2 Å². The van der Waals surface area contributed by atoms with E-state index in [1.165, 1.54) is 0 Å². The van der Waals surface area contributed by atoms with Crippen LogP contribution in [0.1, 0.15) is 24.2 Å². The summed E-state index contributed by atoms with van der Waals surface area (Å²) in [6, 6.07) is 0.980. The third-order valence-electron chi connectivity index (χ3n) is 2.54. The molecule has 1 rings (SSSR count). The van der Waals surface area contributed by atoms with E-state index in [-0.39, 0.29) is 6.54 Å². The lowest BCUT2D eigenvalue weighted by Crippen LogP contribution is -2.33. The Kier molecular flexibility index (Phi) is 5.76. The topological polar surface area (TPSA) is 92.7 Å². The molecule has 0 aliphatic heterocycles. The van der Waals surface area contributed by atoms with Crippen LogP contribution in [0.2, 0.25) is 0 Å². The highest BCUT2D eigenvalue weighted by atomic mass is 32.2. The van der Waals surface area contributed by atoms with E-state index in [9.17, 15) is 22.0 Å². The molecule has 0 radical (unpaired) electrons. The van der Waals surface area contributed by atoms with E-state index >= 15 is 0 Å². The van der Waals surface area contributed by atoms with Crippen molar-refractivity contribution < 1.29 is 31.8 Å². The summed E-state index contributed by atoms with van der Waals surface area (Å²) in [5, 5.41) is 8.75. The molecule has 0 aromatic heterocycles. The number of hydrogen-bond acceptors (Lipinski definition) is 4. The van der Waals surface area contributed by atoms with E-state index < -0.39 is 44.2 Å². The van der Waals surface area contributed by atoms with Crippen molar-refractivity contribution in [2.24, 2.45) is 0 Å². The minimum Gasteiger partial charge on any atom is -0.478 e. The summed E-state index contributed by atoms with van der Waals surface area (Å²) in [7, 11) is -4.39. The Morgan fingerprint density at radius 1 is 1.43 bits per heavy atom. The minimum atomic E-state index is -4.39. The molecule has 0 fully saturated rings. The number of nitrogens with one attached hydrogen (secondary N) is 1. The van der Waals surface area contributed by atoms with Crippen LogP contribution in [0.3, 0.4) is 0 Å². The van der Waals surface area contributed by atoms with Crippen LogP contribution in [0.5, 0.6) is 0 Å². The fraction of sp³-hybridized carbons (Fsp3) is 0.417. The molecule has 1 aromatic rings. The number of hydrogen-bond donors (Lipinski definition) is 2. The fourth-order valence-electron chi connectivity index (χ4n) is 1.53. The van der Waals surface area contributed by atoms with Gasteiger partial charge in [0.25, 0.3) is 0 Å². The van der Waals surface area contributed by atoms with E-state index in [1.807, 2.05) is 4.72 Å². The lowest BCUT2D eigenvalue weighted by molar-refractivity contribution is 0.0695. The average Bonchev–Trinajstić information content (AvgIpc) is 2.39. The van der Waals surface area contributed by atoms with Gasteiger partial charge < -0.3 is 9.84 Å². The monoisotopic (exact) mass is 323 g/mol. The summed E-state index contributed by atoms with van der Waals surface area (Å²) in [6.07, 6.45) is -0.472. The zero-order chi connectivity index (χ0) is 16.2. The molecule has 21 heavy (non-hydrogen) atoms. The van der Waals surface area contributed by atoms with Gasteiger partial charge in [0.2, 0.25) is 10.0 Å². The highest BCUT2D eigenvalue weighted by Gasteiger charge is 2.25. The number of carboxylic acid groups (broad SMARTS) is 1. The number of benzene rings is 1. The van der Waals surface area contributed by atoms with Crippen LogP contribution in [0.25, 0.3) is 0 Å². The normalized spacial score (nSPS) is 13.1. The zero-order valence-electron chi connectivity index (χ0n) is 11.4. The zero-order valence-corrected chi connectivity index (χ0v) is 12.2. The first-order chi connectivity index (χ1) is 9.69. The molecular formula is C12H15F2NO5S. The average molecular weight is 323 g/mol. The molecule has 1 aromatic carbocycles. The molecule has 0 saturated carbocycles. The molecular weight excluding hydrogens is 308 g/mol. The molecule has 0 aliphatic rings. The Bertz CT molecular complexity index is 633. The van der Waals surface area contributed by atoms with Gasteiger partial charge in [-0.05, 0) is 26.0 Å². The number of halogens is 2. The van der Waals surface area contributed by atoms with Crippen LogP contribution in [-0.2, 0) is 14.8 Å². The molecule has 0 aliphatic carbocycles. The fourth-order valence-corrected chi connectivity index (χ4v) is 2.76. The molecule has 0 heterocycles. The van der Waals surface area contributed by atoms with Gasteiger partial charge in [-0.2, -0.15) is 0 Å². The first-order valence-corrected chi connectivity index (χ1v) is 7.51. The van der Waals surface area contributed by atoms with Gasteiger partial charge in [0.1, 0.15) is 4.90 Å². The standard InChI is InChI=1S/C12H15F2NO5S/c1-3-20-7(2)6-15-21(18,19)10-5-8(12(16)17)4-9(13)11(10)14/h4-5,7,15H,3,6H2,1-2H3,(H,16,17). The number of aromatic carboxylic acids is 1. The van der Waals surface area contributed by atoms with Crippen LogP contribution < -0.4 is 4.72 Å². The van der Waals surface area contributed by atoms with Crippen molar-refractivity contribution in [3.8, 4) is 0 Å². The highest BCUT2D eigenvalue weighted by molar-refractivity contribution is 7.89. The van der Waals surface area contributed by atoms with Crippen molar-refractivity contribution in [2.75, 3.05) is 13.2 Å². The largest absolute Gasteiger partial charge is 0.478 e. The van der Waals surface area contributed by atoms with Crippen molar-refractivity contribution in [3.05, 3.63) is 29.3 Å². The Hall–Kier alpha value is -1.58. The third-order valence-corrected chi connectivity index (χ3v) is 3.97. The molecule has 9 heteroatoms. The van der Waals surface area contributed by atoms with E-state index in [0.717, 1.165) is 0 Å². The maximum absolute atomic E-state index is 13.6. The van der Waals surface area contributed by atoms with Crippen molar-refractivity contribution in [1.29, 1.82) is 0 Å². The van der Waals surface area contributed by atoms with Crippen LogP contribution >= 0.6 is 0 Å². The molecule has 0 saturated heterocycles. The number of sulfonamides is 1. The van der Waals surface area contributed by atoms with Crippen LogP contribution in [-0.4, -0.2) is 38.7 Å². The predicted octanol–water partition coefficient (Wildman–Crippen LogP) is 1.37. The quantitative estimate of drug-likeness (QED) is 0.790.